The highest BCUT2D eigenvalue weighted by Gasteiger charge is 2.16. The Morgan fingerprint density at radius 2 is 1.09 bits per heavy atom. The quantitative estimate of drug-likeness (QED) is 0.0665. The number of carbonyl (C=O) groups is 1. The molecule has 206 valence electrons. The Labute approximate surface area is 217 Å². The molecule has 2 N–H and O–H groups in total. The smallest absolute Gasteiger partial charge is 0.265 e. The fourth-order valence-corrected chi connectivity index (χ4v) is 5.00. The molecule has 7 heteroatoms. The van der Waals surface area contributed by atoms with Gasteiger partial charge < -0.3 is 9.80 Å². The minimum absolute atomic E-state index is 0.0764. The number of hydrogen-bond acceptors (Lipinski definition) is 3. The minimum atomic E-state index is -3.83. The lowest BCUT2D eigenvalue weighted by Gasteiger charge is -2.29. The van der Waals surface area contributed by atoms with Crippen molar-refractivity contribution in [3.8, 4) is 12.3 Å². The van der Waals surface area contributed by atoms with Crippen molar-refractivity contribution in [3.05, 3.63) is 0 Å². The van der Waals surface area contributed by atoms with Gasteiger partial charge in [-0.05, 0) is 19.3 Å². The third-order valence-corrected chi connectivity index (χ3v) is 7.53. The summed E-state index contributed by atoms with van der Waals surface area (Å²) in [6.45, 7) is 2.19. The molecule has 0 bridgehead atoms. The maximum atomic E-state index is 11.4. The first-order valence-electron chi connectivity index (χ1n) is 14.1. The molecule has 0 radical (unpaired) electrons. The number of hydrogen-bond donors (Lipinski definition) is 2. The molecule has 0 unspecified atom stereocenters. The van der Waals surface area contributed by atoms with E-state index in [1.807, 2.05) is 0 Å². The summed E-state index contributed by atoms with van der Waals surface area (Å²) in [6.07, 6.45) is 28.1. The van der Waals surface area contributed by atoms with Crippen LogP contribution in [0.4, 0.5) is 0 Å². The molecular formula is C28H55N2O4S+. The molecule has 0 aromatic rings. The predicted molar refractivity (Wildman–Crippen MR) is 148 cm³/mol. The first-order chi connectivity index (χ1) is 16.7. The Balaban J connectivity index is 3.28. The van der Waals surface area contributed by atoms with Crippen LogP contribution in [-0.2, 0) is 14.9 Å². The summed E-state index contributed by atoms with van der Waals surface area (Å²) in [5.41, 5.74) is 0. The van der Waals surface area contributed by atoms with Crippen molar-refractivity contribution in [1.82, 2.24) is 5.32 Å². The van der Waals surface area contributed by atoms with Gasteiger partial charge in [0.05, 0.1) is 39.5 Å². The maximum absolute atomic E-state index is 11.4. The molecule has 0 aliphatic carbocycles. The van der Waals surface area contributed by atoms with Crippen LogP contribution in [0, 0.1) is 12.3 Å². The Kier molecular flexibility index (Phi) is 21.4. The van der Waals surface area contributed by atoms with Crippen LogP contribution in [0.3, 0.4) is 0 Å². The average Bonchev–Trinajstić information content (AvgIpc) is 2.78. The molecule has 0 fully saturated rings. The van der Waals surface area contributed by atoms with E-state index in [1.165, 1.54) is 96.3 Å². The molecule has 0 saturated heterocycles. The van der Waals surface area contributed by atoms with Crippen molar-refractivity contribution in [2.75, 3.05) is 39.5 Å². The van der Waals surface area contributed by atoms with Gasteiger partial charge in [-0.15, -0.1) is 6.42 Å². The molecule has 0 saturated carbocycles. The fraction of sp³-hybridized carbons (Fsp3) is 0.893. The third kappa shape index (κ3) is 27.3. The molecule has 0 rings (SSSR count). The van der Waals surface area contributed by atoms with Crippen LogP contribution in [-0.4, -0.2) is 62.8 Å². The number of amides is 1. The SMILES string of the molecule is C#CCNC(=O)CCCCCCCCCCCCCCCCCCC[N+](C)(C)CCCS(=O)(=O)O. The predicted octanol–water partition coefficient (Wildman–Crippen LogP) is 6.11. The monoisotopic (exact) mass is 515 g/mol. The summed E-state index contributed by atoms with van der Waals surface area (Å²) in [4.78, 5) is 11.4. The van der Waals surface area contributed by atoms with Crippen LogP contribution in [0.15, 0.2) is 0 Å². The number of unbranched alkanes of at least 4 members (excludes halogenated alkanes) is 16. The summed E-state index contributed by atoms with van der Waals surface area (Å²) in [6, 6.07) is 0. The molecular weight excluding hydrogens is 460 g/mol. The molecule has 0 aliphatic rings. The number of nitrogens with one attached hydrogen (secondary N) is 1. The molecule has 0 aliphatic heterocycles. The lowest BCUT2D eigenvalue weighted by molar-refractivity contribution is -0.890. The number of quaternary nitrogens is 1. The average molecular weight is 516 g/mol. The summed E-state index contributed by atoms with van der Waals surface area (Å²) < 4.78 is 31.3. The van der Waals surface area contributed by atoms with Gasteiger partial charge in [0.2, 0.25) is 5.91 Å². The summed E-state index contributed by atoms with van der Waals surface area (Å²) >= 11 is 0. The van der Waals surface area contributed by atoms with Crippen LogP contribution >= 0.6 is 0 Å². The van der Waals surface area contributed by atoms with Gasteiger partial charge in [0.1, 0.15) is 0 Å². The van der Waals surface area contributed by atoms with Crippen molar-refractivity contribution in [1.29, 1.82) is 0 Å². The van der Waals surface area contributed by atoms with Crippen molar-refractivity contribution < 1.29 is 22.2 Å². The van der Waals surface area contributed by atoms with Crippen LogP contribution < -0.4 is 5.32 Å². The van der Waals surface area contributed by atoms with E-state index in [0.717, 1.165) is 30.4 Å². The topological polar surface area (TPSA) is 83.5 Å². The minimum Gasteiger partial charge on any atom is -0.345 e. The van der Waals surface area contributed by atoms with E-state index in [-0.39, 0.29) is 11.7 Å². The standard InChI is InChI=1S/C28H54N2O4S/c1-4-24-29-28(31)23-20-18-16-14-12-10-8-6-5-7-9-11-13-15-17-19-21-25-30(2,3)26-22-27-35(32,33)34/h1H,5-27H2,2-3H3,(H-,29,31,32,33,34)/p+1. The zero-order chi connectivity index (χ0) is 26.3. The molecule has 35 heavy (non-hydrogen) atoms. The van der Waals surface area contributed by atoms with Crippen molar-refractivity contribution in [2.24, 2.45) is 0 Å². The zero-order valence-corrected chi connectivity index (χ0v) is 23.7. The molecule has 0 aromatic carbocycles. The number of carbonyl (C=O) groups excluding carboxylic acids is 1. The maximum Gasteiger partial charge on any atom is 0.265 e. The molecule has 0 heterocycles. The van der Waals surface area contributed by atoms with Crippen LogP contribution in [0.5, 0.6) is 0 Å². The molecule has 0 spiro atoms. The van der Waals surface area contributed by atoms with Crippen molar-refractivity contribution in [2.45, 2.75) is 122 Å². The zero-order valence-electron chi connectivity index (χ0n) is 22.9. The van der Waals surface area contributed by atoms with E-state index in [0.29, 0.717) is 19.4 Å². The van der Waals surface area contributed by atoms with Crippen molar-refractivity contribution >= 4 is 16.0 Å². The summed E-state index contributed by atoms with van der Waals surface area (Å²) in [7, 11) is 0.448. The normalized spacial score (nSPS) is 11.9. The molecule has 1 amide bonds. The highest BCUT2D eigenvalue weighted by molar-refractivity contribution is 7.85. The van der Waals surface area contributed by atoms with E-state index < -0.39 is 10.1 Å². The van der Waals surface area contributed by atoms with Gasteiger partial charge in [0.15, 0.2) is 0 Å². The third-order valence-electron chi connectivity index (χ3n) is 6.72. The van der Waals surface area contributed by atoms with Crippen LogP contribution in [0.2, 0.25) is 0 Å². The van der Waals surface area contributed by atoms with E-state index in [1.54, 1.807) is 0 Å². The first-order valence-corrected chi connectivity index (χ1v) is 15.7. The summed E-state index contributed by atoms with van der Waals surface area (Å²) in [5, 5.41) is 2.71. The molecule has 0 atom stereocenters. The Bertz CT molecular complexity index is 656. The Morgan fingerprint density at radius 3 is 1.49 bits per heavy atom. The lowest BCUT2D eigenvalue weighted by atomic mass is 10.0. The lowest BCUT2D eigenvalue weighted by Crippen LogP contribution is -2.41. The summed E-state index contributed by atoms with van der Waals surface area (Å²) in [5.74, 6) is 2.37. The Morgan fingerprint density at radius 1 is 0.714 bits per heavy atom. The van der Waals surface area contributed by atoms with E-state index in [2.05, 4.69) is 25.3 Å². The second-order valence-electron chi connectivity index (χ2n) is 10.8. The molecule has 6 nitrogen and oxygen atoms in total. The van der Waals surface area contributed by atoms with Gasteiger partial charge in [-0.3, -0.25) is 9.35 Å². The van der Waals surface area contributed by atoms with Gasteiger partial charge in [0.25, 0.3) is 10.1 Å². The van der Waals surface area contributed by atoms with Gasteiger partial charge in [-0.25, -0.2) is 0 Å². The highest BCUT2D eigenvalue weighted by Crippen LogP contribution is 2.15. The largest absolute Gasteiger partial charge is 0.345 e. The van der Waals surface area contributed by atoms with Crippen LogP contribution in [0.25, 0.3) is 0 Å². The number of nitrogens with zero attached hydrogens (tertiary/aromatic N) is 1. The Hall–Kier alpha value is -1.10. The van der Waals surface area contributed by atoms with Gasteiger partial charge in [0, 0.05) is 12.8 Å². The number of rotatable bonds is 25. The first kappa shape index (κ1) is 33.9. The van der Waals surface area contributed by atoms with Gasteiger partial charge in [-0.1, -0.05) is 95.8 Å². The second kappa shape index (κ2) is 22.1. The fourth-order valence-electron chi connectivity index (χ4n) is 4.50. The van der Waals surface area contributed by atoms with Crippen molar-refractivity contribution in [3.63, 3.8) is 0 Å². The van der Waals surface area contributed by atoms with Gasteiger partial charge >= 0.3 is 0 Å². The van der Waals surface area contributed by atoms with E-state index >= 15 is 0 Å². The molecule has 0 aromatic heterocycles. The number of terminal acetylenes is 1. The van der Waals surface area contributed by atoms with Crippen LogP contribution in [0.1, 0.15) is 122 Å². The van der Waals surface area contributed by atoms with E-state index in [4.69, 9.17) is 11.0 Å². The second-order valence-corrected chi connectivity index (χ2v) is 12.3. The van der Waals surface area contributed by atoms with Gasteiger partial charge in [-0.2, -0.15) is 8.42 Å². The highest BCUT2D eigenvalue weighted by atomic mass is 32.2. The van der Waals surface area contributed by atoms with E-state index in [9.17, 15) is 13.2 Å².